The van der Waals surface area contributed by atoms with Crippen molar-refractivity contribution >= 4 is 38.6 Å². The molecule has 0 saturated carbocycles. The second-order valence-corrected chi connectivity index (χ2v) is 9.96. The first kappa shape index (κ1) is 27.0. The molecule has 7 aromatic rings. The summed E-state index contributed by atoms with van der Waals surface area (Å²) < 4.78 is 8.68. The highest BCUT2D eigenvalue weighted by Crippen LogP contribution is 2.33. The molecule has 0 atom stereocenters. The van der Waals surface area contributed by atoms with Crippen molar-refractivity contribution in [2.24, 2.45) is 0 Å². The van der Waals surface area contributed by atoms with E-state index in [9.17, 15) is 19.2 Å². The summed E-state index contributed by atoms with van der Waals surface area (Å²) in [5.41, 5.74) is 23.3. The lowest BCUT2D eigenvalue weighted by molar-refractivity contribution is 0.498. The van der Waals surface area contributed by atoms with Crippen LogP contribution in [0.15, 0.2) is 131 Å². The molecule has 9 nitrogen and oxygen atoms in total. The van der Waals surface area contributed by atoms with Crippen molar-refractivity contribution < 1.29 is 8.83 Å². The molecule has 0 amide bonds. The van der Waals surface area contributed by atoms with Crippen molar-refractivity contribution in [1.29, 1.82) is 0 Å². The third-order valence-electron chi connectivity index (χ3n) is 7.07. The maximum Gasteiger partial charge on any atom is 0.346 e. The molecular weight excluding hydrogens is 546 g/mol. The number of nitrogens with two attached hydrogens (primary N) is 3. The van der Waals surface area contributed by atoms with Gasteiger partial charge in [-0.1, -0.05) is 36.4 Å². The van der Waals surface area contributed by atoms with Crippen LogP contribution in [0.3, 0.4) is 0 Å². The van der Waals surface area contributed by atoms with Crippen LogP contribution in [-0.2, 0) is 0 Å². The fourth-order valence-corrected chi connectivity index (χ4v) is 4.82. The molecule has 0 bridgehead atoms. The summed E-state index contributed by atoms with van der Waals surface area (Å²) in [6.45, 7) is 0. The Morgan fingerprint density at radius 1 is 0.326 bits per heavy atom. The summed E-state index contributed by atoms with van der Waals surface area (Å²) in [7, 11) is 0. The van der Waals surface area contributed by atoms with E-state index in [-0.39, 0.29) is 21.5 Å². The molecule has 0 fully saturated rings. The zero-order chi connectivity index (χ0) is 30.2. The average molecular weight is 570 g/mol. The predicted molar refractivity (Wildman–Crippen MR) is 169 cm³/mol. The lowest BCUT2D eigenvalue weighted by Crippen LogP contribution is -1.96. The van der Waals surface area contributed by atoms with Gasteiger partial charge >= 0.3 is 22.5 Å². The van der Waals surface area contributed by atoms with Crippen LogP contribution >= 0.6 is 0 Å². The summed E-state index contributed by atoms with van der Waals surface area (Å²) in [5, 5.41) is -0.0726. The van der Waals surface area contributed by atoms with Crippen LogP contribution in [0.2, 0.25) is 0 Å². The molecule has 5 aromatic carbocycles. The molecule has 0 radical (unpaired) electrons. The smallest absolute Gasteiger partial charge is 0.346 e. The minimum Gasteiger partial charge on any atom is -0.399 e. The maximum atomic E-state index is 11.2. The zero-order valence-corrected chi connectivity index (χ0v) is 22.5. The number of hydrogen-bond acceptors (Lipinski definition) is 9. The summed E-state index contributed by atoms with van der Waals surface area (Å²) >= 11 is 0. The maximum absolute atomic E-state index is 11.2. The number of hydrogen-bond donors (Lipinski definition) is 3. The van der Waals surface area contributed by atoms with Crippen molar-refractivity contribution in [1.82, 2.24) is 0 Å². The Labute approximate surface area is 242 Å². The van der Waals surface area contributed by atoms with Gasteiger partial charge < -0.3 is 26.0 Å². The van der Waals surface area contributed by atoms with E-state index in [0.29, 0.717) is 0 Å². The van der Waals surface area contributed by atoms with E-state index in [4.69, 9.17) is 17.2 Å². The largest absolute Gasteiger partial charge is 0.399 e. The Bertz CT molecular complexity index is 2030. The Kier molecular flexibility index (Phi) is 6.67. The number of fused-ring (bicyclic) bond motifs is 2. The molecule has 0 spiro atoms. The van der Waals surface area contributed by atoms with E-state index in [0.717, 1.165) is 62.6 Å². The molecule has 0 saturated heterocycles. The molecule has 2 heterocycles. The Hall–Kier alpha value is -6.22. The molecule has 0 aliphatic carbocycles. The molecule has 9 heteroatoms. The normalized spacial score (nSPS) is 11.0. The monoisotopic (exact) mass is 569 g/mol. The number of rotatable bonds is 3. The molecule has 0 aliphatic heterocycles. The fraction of sp³-hybridized carbons (Fsp3) is 0. The van der Waals surface area contributed by atoms with Crippen molar-refractivity contribution in [3.8, 4) is 33.4 Å². The molecule has 210 valence electrons. The van der Waals surface area contributed by atoms with Crippen LogP contribution in [0.1, 0.15) is 0 Å². The van der Waals surface area contributed by atoms with Crippen LogP contribution in [-0.4, -0.2) is 0 Å². The number of benzene rings is 5. The first-order chi connectivity index (χ1) is 20.7. The van der Waals surface area contributed by atoms with Crippen LogP contribution in [0, 0.1) is 0 Å². The Balaban J connectivity index is 0.000000174. The van der Waals surface area contributed by atoms with Gasteiger partial charge in [0.05, 0.1) is 21.5 Å². The quantitative estimate of drug-likeness (QED) is 0.249. The third kappa shape index (κ3) is 5.30. The molecule has 0 unspecified atom stereocenters. The Morgan fingerprint density at radius 2 is 0.558 bits per heavy atom. The number of anilines is 3. The van der Waals surface area contributed by atoms with E-state index in [2.05, 4.69) is 27.0 Å². The standard InChI is InChI=1S/C24H21N3.C10H2O6/c25-22-7-1-16(2-8-22)19-13-20(17-3-9-23(26)10-4-17)15-21(14-19)18-5-11-24(27)12-6-18;11-7-3-1-4-6(10(14)16-8(4)12)2-5(3)9(13)15-7/h1-15H,25-27H2;1-2H. The highest BCUT2D eigenvalue weighted by Gasteiger charge is 2.15. The summed E-state index contributed by atoms with van der Waals surface area (Å²) in [5.74, 6) is 0. The van der Waals surface area contributed by atoms with E-state index < -0.39 is 22.5 Å². The lowest BCUT2D eigenvalue weighted by Gasteiger charge is -2.12. The summed E-state index contributed by atoms with van der Waals surface area (Å²) in [6.07, 6.45) is 0. The van der Waals surface area contributed by atoms with Gasteiger partial charge in [-0.2, -0.15) is 0 Å². The van der Waals surface area contributed by atoms with Crippen LogP contribution in [0.5, 0.6) is 0 Å². The van der Waals surface area contributed by atoms with Crippen molar-refractivity contribution in [2.75, 3.05) is 17.2 Å². The van der Waals surface area contributed by atoms with Gasteiger partial charge in [0.1, 0.15) is 0 Å². The predicted octanol–water partition coefficient (Wildman–Crippen LogP) is 4.93. The van der Waals surface area contributed by atoms with Gasteiger partial charge in [-0.25, -0.2) is 19.2 Å². The molecule has 6 N–H and O–H groups in total. The van der Waals surface area contributed by atoms with Gasteiger partial charge in [0.15, 0.2) is 0 Å². The highest BCUT2D eigenvalue weighted by molar-refractivity contribution is 5.96. The van der Waals surface area contributed by atoms with Crippen molar-refractivity contribution in [2.45, 2.75) is 0 Å². The van der Waals surface area contributed by atoms with E-state index in [1.54, 1.807) is 0 Å². The van der Waals surface area contributed by atoms with Crippen LogP contribution < -0.4 is 39.7 Å². The van der Waals surface area contributed by atoms with Crippen LogP contribution in [0.25, 0.3) is 54.9 Å². The first-order valence-corrected chi connectivity index (χ1v) is 13.1. The molecular formula is C34H23N3O6. The van der Waals surface area contributed by atoms with E-state index in [1.807, 2.05) is 72.8 Å². The first-order valence-electron chi connectivity index (χ1n) is 13.1. The van der Waals surface area contributed by atoms with Gasteiger partial charge in [0.2, 0.25) is 0 Å². The van der Waals surface area contributed by atoms with Gasteiger partial charge in [-0.3, -0.25) is 0 Å². The van der Waals surface area contributed by atoms with Crippen LogP contribution in [0.4, 0.5) is 17.1 Å². The minimum atomic E-state index is -0.824. The minimum absolute atomic E-state index is 0.0181. The number of nitrogen functional groups attached to an aromatic ring is 3. The Morgan fingerprint density at radius 3 is 0.791 bits per heavy atom. The highest BCUT2D eigenvalue weighted by atomic mass is 16.4. The zero-order valence-electron chi connectivity index (χ0n) is 22.5. The van der Waals surface area contributed by atoms with Crippen molar-refractivity contribution in [3.05, 3.63) is 145 Å². The average Bonchev–Trinajstić information content (AvgIpc) is 3.45. The lowest BCUT2D eigenvalue weighted by atomic mass is 9.93. The second-order valence-electron chi connectivity index (χ2n) is 9.96. The fourth-order valence-electron chi connectivity index (χ4n) is 4.82. The van der Waals surface area contributed by atoms with E-state index >= 15 is 0 Å². The molecule has 7 rings (SSSR count). The van der Waals surface area contributed by atoms with E-state index in [1.165, 1.54) is 0 Å². The van der Waals surface area contributed by atoms with Gasteiger partial charge in [-0.15, -0.1) is 0 Å². The summed E-state index contributed by atoms with van der Waals surface area (Å²) in [4.78, 5) is 44.7. The molecule has 0 aliphatic rings. The van der Waals surface area contributed by atoms with Gasteiger partial charge in [-0.05, 0) is 100 Å². The van der Waals surface area contributed by atoms with Gasteiger partial charge in [0, 0.05) is 17.1 Å². The SMILES string of the molecule is Nc1ccc(-c2cc(-c3ccc(N)cc3)cc(-c3ccc(N)cc3)c2)cc1.O=c1oc(=O)c2cc3c(=O)oc(=O)c3cc12. The van der Waals surface area contributed by atoms with Crippen molar-refractivity contribution in [3.63, 3.8) is 0 Å². The molecule has 2 aromatic heterocycles. The molecule has 43 heavy (non-hydrogen) atoms. The topological polar surface area (TPSA) is 173 Å². The summed E-state index contributed by atoms with van der Waals surface area (Å²) in [6, 6.07) is 32.7. The van der Waals surface area contributed by atoms with Gasteiger partial charge in [0.25, 0.3) is 0 Å². The number of furan rings is 2. The third-order valence-corrected chi connectivity index (χ3v) is 7.07. The second kappa shape index (κ2) is 10.6.